The first kappa shape index (κ1) is 14.2. The molecule has 0 atom stereocenters. The second-order valence-electron chi connectivity index (χ2n) is 6.21. The lowest BCUT2D eigenvalue weighted by atomic mass is 10.0. The zero-order valence-electron chi connectivity index (χ0n) is 13.4. The molecule has 1 aliphatic heterocycles. The maximum Gasteiger partial charge on any atom is 0.180 e. The minimum absolute atomic E-state index is 0.246. The molecule has 5 rings (SSSR count). The minimum Gasteiger partial charge on any atom is -0.354 e. The van der Waals surface area contributed by atoms with Crippen LogP contribution in [0.1, 0.15) is 11.3 Å². The summed E-state index contributed by atoms with van der Waals surface area (Å²) in [6.45, 7) is 1.53. The number of hydrogen-bond donors (Lipinski definition) is 1. The first-order valence-electron chi connectivity index (χ1n) is 8.21. The van der Waals surface area contributed by atoms with Crippen LogP contribution in [0, 0.1) is 5.82 Å². The molecule has 0 spiro atoms. The van der Waals surface area contributed by atoms with Gasteiger partial charge in [-0.1, -0.05) is 17.3 Å². The number of anilines is 1. The molecular weight excluding hydrogens is 319 g/mol. The minimum atomic E-state index is -0.246. The molecule has 0 radical (unpaired) electrons. The highest BCUT2D eigenvalue weighted by Crippen LogP contribution is 2.33. The number of benzene rings is 2. The summed E-state index contributed by atoms with van der Waals surface area (Å²) in [5.41, 5.74) is 4.82. The number of H-pyrrole nitrogens is 1. The van der Waals surface area contributed by atoms with E-state index in [0.29, 0.717) is 6.54 Å². The van der Waals surface area contributed by atoms with Crippen molar-refractivity contribution in [1.29, 1.82) is 0 Å². The van der Waals surface area contributed by atoms with Crippen LogP contribution in [0.5, 0.6) is 0 Å². The standard InChI is InChI=1S/C19H15FN4O/c20-13-7-5-12(6-8-13)18-15-11-24(10-9-16(15)21-22-18)19-14-3-1-2-4-17(14)25-23-19/h1-8H,9-11H2,(H,21,22). The second-order valence-corrected chi connectivity index (χ2v) is 6.21. The number of aromatic amines is 1. The van der Waals surface area contributed by atoms with E-state index < -0.39 is 0 Å². The molecule has 1 aliphatic rings. The van der Waals surface area contributed by atoms with E-state index >= 15 is 0 Å². The number of nitrogens with zero attached hydrogens (tertiary/aromatic N) is 3. The van der Waals surface area contributed by atoms with E-state index in [2.05, 4.69) is 20.3 Å². The summed E-state index contributed by atoms with van der Waals surface area (Å²) in [7, 11) is 0. The molecule has 1 N–H and O–H groups in total. The molecule has 5 nitrogen and oxygen atoms in total. The van der Waals surface area contributed by atoms with Crippen molar-refractivity contribution in [3.63, 3.8) is 0 Å². The van der Waals surface area contributed by atoms with Crippen LogP contribution in [0.4, 0.5) is 10.2 Å². The number of fused-ring (bicyclic) bond motifs is 2. The van der Waals surface area contributed by atoms with Crippen LogP contribution in [0.2, 0.25) is 0 Å². The van der Waals surface area contributed by atoms with Gasteiger partial charge in [-0.3, -0.25) is 5.10 Å². The quantitative estimate of drug-likeness (QED) is 0.604. The number of para-hydroxylation sites is 1. The molecule has 0 bridgehead atoms. The molecule has 2 aromatic heterocycles. The summed E-state index contributed by atoms with van der Waals surface area (Å²) in [5.74, 6) is 0.608. The van der Waals surface area contributed by atoms with E-state index in [1.807, 2.05) is 24.3 Å². The van der Waals surface area contributed by atoms with Gasteiger partial charge in [-0.05, 0) is 36.4 Å². The van der Waals surface area contributed by atoms with Gasteiger partial charge < -0.3 is 9.42 Å². The van der Waals surface area contributed by atoms with Crippen molar-refractivity contribution in [2.45, 2.75) is 13.0 Å². The van der Waals surface area contributed by atoms with Crippen molar-refractivity contribution in [1.82, 2.24) is 15.4 Å². The molecule has 0 saturated carbocycles. The topological polar surface area (TPSA) is 58.0 Å². The van der Waals surface area contributed by atoms with E-state index in [1.54, 1.807) is 12.1 Å². The van der Waals surface area contributed by atoms with Crippen LogP contribution in [0.15, 0.2) is 53.1 Å². The lowest BCUT2D eigenvalue weighted by Crippen LogP contribution is -2.30. The number of nitrogens with one attached hydrogen (secondary N) is 1. The zero-order valence-corrected chi connectivity index (χ0v) is 13.4. The van der Waals surface area contributed by atoms with Crippen molar-refractivity contribution in [3.8, 4) is 11.3 Å². The van der Waals surface area contributed by atoms with Gasteiger partial charge in [0.15, 0.2) is 11.4 Å². The van der Waals surface area contributed by atoms with Gasteiger partial charge in [0.25, 0.3) is 0 Å². The van der Waals surface area contributed by atoms with Crippen LogP contribution in [-0.2, 0) is 13.0 Å². The normalized spacial score (nSPS) is 14.0. The molecule has 6 heteroatoms. The van der Waals surface area contributed by atoms with Crippen molar-refractivity contribution < 1.29 is 8.91 Å². The molecule has 0 fully saturated rings. The Morgan fingerprint density at radius 2 is 1.92 bits per heavy atom. The highest BCUT2D eigenvalue weighted by Gasteiger charge is 2.25. The summed E-state index contributed by atoms with van der Waals surface area (Å²) in [5, 5.41) is 12.9. The molecule has 0 unspecified atom stereocenters. The van der Waals surface area contributed by atoms with Gasteiger partial charge in [0.2, 0.25) is 0 Å². The van der Waals surface area contributed by atoms with Crippen LogP contribution >= 0.6 is 0 Å². The first-order chi connectivity index (χ1) is 12.3. The predicted octanol–water partition coefficient (Wildman–Crippen LogP) is 3.92. The van der Waals surface area contributed by atoms with Gasteiger partial charge >= 0.3 is 0 Å². The van der Waals surface area contributed by atoms with Gasteiger partial charge in [0.05, 0.1) is 11.1 Å². The fraction of sp³-hybridized carbons (Fsp3) is 0.158. The maximum atomic E-state index is 13.2. The third-order valence-corrected chi connectivity index (χ3v) is 4.71. The van der Waals surface area contributed by atoms with Crippen molar-refractivity contribution >= 4 is 16.8 Å². The monoisotopic (exact) mass is 334 g/mol. The van der Waals surface area contributed by atoms with E-state index in [-0.39, 0.29) is 5.82 Å². The Morgan fingerprint density at radius 3 is 2.80 bits per heavy atom. The van der Waals surface area contributed by atoms with Crippen molar-refractivity contribution in [2.75, 3.05) is 11.4 Å². The average molecular weight is 334 g/mol. The highest BCUT2D eigenvalue weighted by molar-refractivity contribution is 5.88. The largest absolute Gasteiger partial charge is 0.354 e. The number of hydrogen-bond acceptors (Lipinski definition) is 4. The molecule has 2 aromatic carbocycles. The number of halogens is 1. The lowest BCUT2D eigenvalue weighted by Gasteiger charge is -2.27. The smallest absolute Gasteiger partial charge is 0.180 e. The van der Waals surface area contributed by atoms with Crippen LogP contribution in [0.3, 0.4) is 0 Å². The van der Waals surface area contributed by atoms with Crippen LogP contribution in [0.25, 0.3) is 22.2 Å². The third-order valence-electron chi connectivity index (χ3n) is 4.71. The lowest BCUT2D eigenvalue weighted by molar-refractivity contribution is 0.453. The summed E-state index contributed by atoms with van der Waals surface area (Å²) in [4.78, 5) is 2.21. The van der Waals surface area contributed by atoms with Crippen LogP contribution in [-0.4, -0.2) is 21.9 Å². The Kier molecular flexibility index (Phi) is 3.09. The Bertz CT molecular complexity index is 1050. The van der Waals surface area contributed by atoms with Crippen LogP contribution < -0.4 is 4.90 Å². The van der Waals surface area contributed by atoms with Crippen molar-refractivity contribution in [3.05, 3.63) is 65.6 Å². The Balaban J connectivity index is 1.54. The molecule has 124 valence electrons. The number of aromatic nitrogens is 3. The van der Waals surface area contributed by atoms with Gasteiger partial charge in [-0.25, -0.2) is 4.39 Å². The summed E-state index contributed by atoms with van der Waals surface area (Å²) in [6.07, 6.45) is 0.852. The molecule has 3 heterocycles. The summed E-state index contributed by atoms with van der Waals surface area (Å²) in [6, 6.07) is 14.3. The fourth-order valence-corrected chi connectivity index (χ4v) is 3.42. The SMILES string of the molecule is Fc1ccc(-c2n[nH]c3c2CN(c2noc4ccccc24)CC3)cc1. The zero-order chi connectivity index (χ0) is 16.8. The Labute approximate surface area is 143 Å². The fourth-order valence-electron chi connectivity index (χ4n) is 3.42. The Morgan fingerprint density at radius 1 is 1.08 bits per heavy atom. The van der Waals surface area contributed by atoms with E-state index in [0.717, 1.165) is 52.3 Å². The first-order valence-corrected chi connectivity index (χ1v) is 8.21. The maximum absolute atomic E-state index is 13.2. The Hall–Kier alpha value is -3.15. The third kappa shape index (κ3) is 2.29. The van der Waals surface area contributed by atoms with Gasteiger partial charge in [0.1, 0.15) is 5.82 Å². The molecule has 0 aliphatic carbocycles. The molecule has 0 amide bonds. The van der Waals surface area contributed by atoms with Crippen molar-refractivity contribution in [2.24, 2.45) is 0 Å². The second kappa shape index (κ2) is 5.44. The highest BCUT2D eigenvalue weighted by atomic mass is 19.1. The van der Waals surface area contributed by atoms with Gasteiger partial charge in [-0.15, -0.1) is 0 Å². The summed E-state index contributed by atoms with van der Waals surface area (Å²) < 4.78 is 18.7. The average Bonchev–Trinajstić information content (AvgIpc) is 3.26. The molecular formula is C19H15FN4O. The van der Waals surface area contributed by atoms with E-state index in [1.165, 1.54) is 12.1 Å². The van der Waals surface area contributed by atoms with Gasteiger partial charge in [0, 0.05) is 36.3 Å². The van der Waals surface area contributed by atoms with Gasteiger partial charge in [-0.2, -0.15) is 5.10 Å². The van der Waals surface area contributed by atoms with E-state index in [9.17, 15) is 4.39 Å². The van der Waals surface area contributed by atoms with E-state index in [4.69, 9.17) is 4.52 Å². The summed E-state index contributed by atoms with van der Waals surface area (Å²) >= 11 is 0. The number of rotatable bonds is 2. The predicted molar refractivity (Wildman–Crippen MR) is 92.7 cm³/mol. The molecule has 4 aromatic rings. The molecule has 0 saturated heterocycles. The molecule has 25 heavy (non-hydrogen) atoms.